The number of aromatic amines is 1. The molecule has 3 nitrogen and oxygen atoms in total. The van der Waals surface area contributed by atoms with Gasteiger partial charge >= 0.3 is 5.97 Å². The first-order chi connectivity index (χ1) is 6.72. The lowest BCUT2D eigenvalue weighted by Crippen LogP contribution is -2.03. The van der Waals surface area contributed by atoms with E-state index in [4.69, 9.17) is 0 Å². The molecule has 2 rings (SSSR count). The zero-order valence-corrected chi connectivity index (χ0v) is 9.66. The third-order valence-corrected chi connectivity index (χ3v) is 2.94. The molecular formula is C10H8INO2. The van der Waals surface area contributed by atoms with Crippen molar-refractivity contribution >= 4 is 39.5 Å². The second-order valence-electron chi connectivity index (χ2n) is 2.89. The van der Waals surface area contributed by atoms with Crippen molar-refractivity contribution in [2.24, 2.45) is 0 Å². The summed E-state index contributed by atoms with van der Waals surface area (Å²) < 4.78 is 5.59. The van der Waals surface area contributed by atoms with Crippen LogP contribution in [0.3, 0.4) is 0 Å². The molecule has 1 N–H and O–H groups in total. The number of benzene rings is 1. The van der Waals surface area contributed by atoms with Gasteiger partial charge < -0.3 is 9.72 Å². The molecule has 0 aliphatic carbocycles. The van der Waals surface area contributed by atoms with Crippen LogP contribution in [0, 0.1) is 3.57 Å². The van der Waals surface area contributed by atoms with E-state index in [9.17, 15) is 4.79 Å². The van der Waals surface area contributed by atoms with Crippen LogP contribution in [0.2, 0.25) is 0 Å². The molecule has 4 heteroatoms. The standard InChI is InChI=1S/C10H8INO2/c1-14-10(13)7-5-9-6(2-3-12-9)4-8(7)11/h2-5,12H,1H3. The average Bonchev–Trinajstić information content (AvgIpc) is 2.62. The summed E-state index contributed by atoms with van der Waals surface area (Å²) in [6.45, 7) is 0. The lowest BCUT2D eigenvalue weighted by Gasteiger charge is -2.02. The number of hydrogen-bond acceptors (Lipinski definition) is 2. The van der Waals surface area contributed by atoms with Crippen molar-refractivity contribution in [3.05, 3.63) is 33.5 Å². The van der Waals surface area contributed by atoms with Crippen molar-refractivity contribution in [2.45, 2.75) is 0 Å². The molecule has 2 aromatic rings. The first-order valence-corrected chi connectivity index (χ1v) is 5.15. The van der Waals surface area contributed by atoms with Gasteiger partial charge in [0, 0.05) is 20.7 Å². The van der Waals surface area contributed by atoms with E-state index in [0.29, 0.717) is 5.56 Å². The number of carbonyl (C=O) groups is 1. The van der Waals surface area contributed by atoms with Gasteiger partial charge in [-0.15, -0.1) is 0 Å². The molecule has 0 atom stereocenters. The quantitative estimate of drug-likeness (QED) is 0.650. The van der Waals surface area contributed by atoms with Gasteiger partial charge in [-0.1, -0.05) is 0 Å². The Balaban J connectivity index is 2.64. The highest BCUT2D eigenvalue weighted by molar-refractivity contribution is 14.1. The number of H-pyrrole nitrogens is 1. The van der Waals surface area contributed by atoms with Crippen LogP contribution in [-0.4, -0.2) is 18.1 Å². The van der Waals surface area contributed by atoms with Gasteiger partial charge in [-0.25, -0.2) is 4.79 Å². The molecule has 0 bridgehead atoms. The number of methoxy groups -OCH3 is 1. The maximum absolute atomic E-state index is 11.4. The first kappa shape index (κ1) is 9.51. The molecule has 1 aromatic heterocycles. The SMILES string of the molecule is COC(=O)c1cc2[nH]ccc2cc1I. The van der Waals surface area contributed by atoms with Gasteiger partial charge in [0.15, 0.2) is 0 Å². The zero-order chi connectivity index (χ0) is 10.1. The van der Waals surface area contributed by atoms with Crippen molar-refractivity contribution < 1.29 is 9.53 Å². The van der Waals surface area contributed by atoms with Crippen molar-refractivity contribution in [1.29, 1.82) is 0 Å². The maximum atomic E-state index is 11.4. The maximum Gasteiger partial charge on any atom is 0.339 e. The van der Waals surface area contributed by atoms with E-state index < -0.39 is 0 Å². The second-order valence-corrected chi connectivity index (χ2v) is 4.05. The Labute approximate surface area is 94.6 Å². The average molecular weight is 301 g/mol. The summed E-state index contributed by atoms with van der Waals surface area (Å²) in [7, 11) is 1.39. The van der Waals surface area contributed by atoms with Crippen LogP contribution in [0.25, 0.3) is 10.9 Å². The molecule has 0 amide bonds. The summed E-state index contributed by atoms with van der Waals surface area (Å²) >= 11 is 2.13. The first-order valence-electron chi connectivity index (χ1n) is 4.07. The summed E-state index contributed by atoms with van der Waals surface area (Å²) in [6.07, 6.45) is 1.85. The van der Waals surface area contributed by atoms with Crippen LogP contribution in [0.5, 0.6) is 0 Å². The fourth-order valence-corrected chi connectivity index (χ4v) is 2.05. The smallest absolute Gasteiger partial charge is 0.339 e. The van der Waals surface area contributed by atoms with Crippen molar-refractivity contribution in [3.8, 4) is 0 Å². The number of fused-ring (bicyclic) bond motifs is 1. The molecule has 0 unspecified atom stereocenters. The van der Waals surface area contributed by atoms with Gasteiger partial charge in [-0.05, 0) is 40.8 Å². The summed E-state index contributed by atoms with van der Waals surface area (Å²) in [5.41, 5.74) is 1.55. The van der Waals surface area contributed by atoms with Gasteiger partial charge in [-0.3, -0.25) is 0 Å². The molecule has 72 valence electrons. The lowest BCUT2D eigenvalue weighted by molar-refractivity contribution is 0.0599. The van der Waals surface area contributed by atoms with Gasteiger partial charge in [-0.2, -0.15) is 0 Å². The number of aromatic nitrogens is 1. The number of nitrogens with one attached hydrogen (secondary N) is 1. The zero-order valence-electron chi connectivity index (χ0n) is 7.50. The molecule has 1 heterocycles. The minimum absolute atomic E-state index is 0.300. The molecule has 0 spiro atoms. The number of rotatable bonds is 1. The third kappa shape index (κ3) is 1.50. The Kier molecular flexibility index (Phi) is 2.45. The number of halogens is 1. The second kappa shape index (κ2) is 3.61. The number of esters is 1. The third-order valence-electron chi connectivity index (χ3n) is 2.05. The fraction of sp³-hybridized carbons (Fsp3) is 0.100. The van der Waals surface area contributed by atoms with Crippen molar-refractivity contribution in [2.75, 3.05) is 7.11 Å². The van der Waals surface area contributed by atoms with Crippen LogP contribution in [-0.2, 0) is 4.74 Å². The summed E-state index contributed by atoms with van der Waals surface area (Å²) in [6, 6.07) is 5.74. The van der Waals surface area contributed by atoms with E-state index in [2.05, 4.69) is 32.3 Å². The highest BCUT2D eigenvalue weighted by Gasteiger charge is 2.11. The van der Waals surface area contributed by atoms with Crippen LogP contribution < -0.4 is 0 Å². The summed E-state index contributed by atoms with van der Waals surface area (Å²) in [4.78, 5) is 14.4. The molecule has 0 saturated carbocycles. The van der Waals surface area contributed by atoms with Gasteiger partial charge in [0.05, 0.1) is 12.7 Å². The van der Waals surface area contributed by atoms with E-state index in [1.807, 2.05) is 24.4 Å². The Morgan fingerprint density at radius 3 is 3.00 bits per heavy atom. The Bertz CT molecular complexity index is 490. The fourth-order valence-electron chi connectivity index (χ4n) is 1.34. The predicted molar refractivity (Wildman–Crippen MR) is 62.4 cm³/mol. The Morgan fingerprint density at radius 2 is 2.29 bits per heavy atom. The highest BCUT2D eigenvalue weighted by atomic mass is 127. The number of hydrogen-bond donors (Lipinski definition) is 1. The Morgan fingerprint density at radius 1 is 1.50 bits per heavy atom. The molecule has 14 heavy (non-hydrogen) atoms. The van der Waals surface area contributed by atoms with Gasteiger partial charge in [0.25, 0.3) is 0 Å². The summed E-state index contributed by atoms with van der Waals surface area (Å²) in [5.74, 6) is -0.300. The van der Waals surface area contributed by atoms with E-state index in [0.717, 1.165) is 14.5 Å². The van der Waals surface area contributed by atoms with Crippen molar-refractivity contribution in [1.82, 2.24) is 4.98 Å². The van der Waals surface area contributed by atoms with Crippen LogP contribution in [0.4, 0.5) is 0 Å². The molecule has 0 saturated heterocycles. The summed E-state index contributed by atoms with van der Waals surface area (Å²) in [5, 5.41) is 1.10. The minimum atomic E-state index is -0.300. The number of ether oxygens (including phenoxy) is 1. The van der Waals surface area contributed by atoms with Crippen LogP contribution >= 0.6 is 22.6 Å². The predicted octanol–water partition coefficient (Wildman–Crippen LogP) is 2.56. The van der Waals surface area contributed by atoms with Crippen LogP contribution in [0.1, 0.15) is 10.4 Å². The largest absolute Gasteiger partial charge is 0.465 e. The van der Waals surface area contributed by atoms with E-state index in [1.54, 1.807) is 0 Å². The van der Waals surface area contributed by atoms with E-state index >= 15 is 0 Å². The van der Waals surface area contributed by atoms with E-state index in [-0.39, 0.29) is 5.97 Å². The monoisotopic (exact) mass is 301 g/mol. The molecule has 1 aromatic carbocycles. The Hall–Kier alpha value is -1.04. The normalized spacial score (nSPS) is 10.4. The minimum Gasteiger partial charge on any atom is -0.465 e. The molecule has 0 aliphatic heterocycles. The molecule has 0 radical (unpaired) electrons. The number of carbonyl (C=O) groups excluding carboxylic acids is 1. The molecule has 0 aliphatic rings. The van der Waals surface area contributed by atoms with E-state index in [1.165, 1.54) is 7.11 Å². The highest BCUT2D eigenvalue weighted by Crippen LogP contribution is 2.21. The molecular weight excluding hydrogens is 293 g/mol. The lowest BCUT2D eigenvalue weighted by atomic mass is 10.2. The van der Waals surface area contributed by atoms with Crippen molar-refractivity contribution in [3.63, 3.8) is 0 Å². The van der Waals surface area contributed by atoms with Gasteiger partial charge in [0.2, 0.25) is 0 Å². The van der Waals surface area contributed by atoms with Gasteiger partial charge in [0.1, 0.15) is 0 Å². The molecule has 0 fully saturated rings. The van der Waals surface area contributed by atoms with Crippen LogP contribution in [0.15, 0.2) is 24.4 Å². The topological polar surface area (TPSA) is 42.1 Å².